The lowest BCUT2D eigenvalue weighted by Gasteiger charge is -1.87. The Morgan fingerprint density at radius 1 is 1.67 bits per heavy atom. The fourth-order valence-electron chi connectivity index (χ4n) is 0.858. The van der Waals surface area contributed by atoms with E-state index in [1.165, 1.54) is 6.20 Å². The lowest BCUT2D eigenvalue weighted by molar-refractivity contribution is -0.568. The molecule has 0 saturated heterocycles. The summed E-state index contributed by atoms with van der Waals surface area (Å²) >= 11 is 0. The number of carbonyl (C=O) groups is 1. The summed E-state index contributed by atoms with van der Waals surface area (Å²) in [7, 11) is 0. The van der Waals surface area contributed by atoms with Crippen molar-refractivity contribution in [3.8, 4) is 0 Å². The second kappa shape index (κ2) is 3.67. The highest BCUT2D eigenvalue weighted by Gasteiger charge is 1.95. The predicted octanol–water partition coefficient (Wildman–Crippen LogP) is 0.838. The maximum atomic E-state index is 10.2. The Kier molecular flexibility index (Phi) is 2.58. The van der Waals surface area contributed by atoms with Gasteiger partial charge in [-0.3, -0.25) is 0 Å². The van der Waals surface area contributed by atoms with Crippen LogP contribution < -0.4 is 4.57 Å². The number of carboxylic acid groups (broad SMARTS) is 1. The molecule has 1 N–H and O–H groups in total. The van der Waals surface area contributed by atoms with Gasteiger partial charge in [-0.05, 0) is 13.0 Å². The second-order valence-corrected chi connectivity index (χ2v) is 2.48. The summed E-state index contributed by atoms with van der Waals surface area (Å²) in [6.45, 7) is 1.95. The summed E-state index contributed by atoms with van der Waals surface area (Å²) in [5, 5.41) is 8.34. The molecule has 0 atom stereocenters. The highest BCUT2D eigenvalue weighted by Crippen LogP contribution is 1.89. The minimum Gasteiger partial charge on any atom is -0.478 e. The number of pyridine rings is 1. The van der Waals surface area contributed by atoms with Crippen LogP contribution >= 0.6 is 0 Å². The van der Waals surface area contributed by atoms with Crippen molar-refractivity contribution in [3.63, 3.8) is 0 Å². The molecule has 0 aliphatic rings. The third-order valence-electron chi connectivity index (χ3n) is 1.36. The summed E-state index contributed by atoms with van der Waals surface area (Å²) in [6.07, 6.45) is 6.22. The molecule has 0 aromatic carbocycles. The maximum Gasteiger partial charge on any atom is 0.334 e. The standard InChI is InChI=1S/C9H9NO2/c1-8-3-2-5-10(7-8)6-4-9(11)12/h2-7H,1H3/p+1/b6-4+. The Balaban J connectivity index is 2.83. The van der Waals surface area contributed by atoms with Crippen molar-refractivity contribution in [2.45, 2.75) is 6.92 Å². The molecular weight excluding hydrogens is 154 g/mol. The van der Waals surface area contributed by atoms with Gasteiger partial charge in [0.1, 0.15) is 0 Å². The molecule has 3 nitrogen and oxygen atoms in total. The maximum absolute atomic E-state index is 10.2. The summed E-state index contributed by atoms with van der Waals surface area (Å²) in [5.74, 6) is -0.941. The van der Waals surface area contributed by atoms with Gasteiger partial charge < -0.3 is 5.11 Å². The second-order valence-electron chi connectivity index (χ2n) is 2.48. The van der Waals surface area contributed by atoms with Crippen molar-refractivity contribution >= 4 is 12.2 Å². The van der Waals surface area contributed by atoms with Gasteiger partial charge in [0.05, 0.1) is 6.08 Å². The smallest absolute Gasteiger partial charge is 0.334 e. The molecule has 1 aromatic heterocycles. The number of carboxylic acids is 1. The topological polar surface area (TPSA) is 41.2 Å². The van der Waals surface area contributed by atoms with Crippen molar-refractivity contribution in [1.82, 2.24) is 0 Å². The zero-order valence-electron chi connectivity index (χ0n) is 6.77. The van der Waals surface area contributed by atoms with Gasteiger partial charge >= 0.3 is 5.97 Å². The van der Waals surface area contributed by atoms with E-state index >= 15 is 0 Å². The molecule has 1 aromatic rings. The van der Waals surface area contributed by atoms with E-state index in [-0.39, 0.29) is 0 Å². The van der Waals surface area contributed by atoms with Crippen LogP contribution in [0.15, 0.2) is 30.6 Å². The van der Waals surface area contributed by atoms with Crippen molar-refractivity contribution in [3.05, 3.63) is 36.2 Å². The van der Waals surface area contributed by atoms with Gasteiger partial charge in [-0.15, -0.1) is 0 Å². The van der Waals surface area contributed by atoms with E-state index in [4.69, 9.17) is 5.11 Å². The molecule has 0 unspecified atom stereocenters. The van der Waals surface area contributed by atoms with Crippen molar-refractivity contribution in [2.75, 3.05) is 0 Å². The third kappa shape index (κ3) is 2.54. The monoisotopic (exact) mass is 164 g/mol. The van der Waals surface area contributed by atoms with E-state index in [9.17, 15) is 4.79 Å². The van der Waals surface area contributed by atoms with Crippen molar-refractivity contribution < 1.29 is 14.5 Å². The first-order valence-electron chi connectivity index (χ1n) is 3.57. The summed E-state index contributed by atoms with van der Waals surface area (Å²) < 4.78 is 1.70. The van der Waals surface area contributed by atoms with Crippen LogP contribution in [0.25, 0.3) is 6.20 Å². The number of rotatable bonds is 2. The molecular formula is C9H10NO2+. The van der Waals surface area contributed by atoms with Crippen LogP contribution in [0, 0.1) is 6.92 Å². The third-order valence-corrected chi connectivity index (χ3v) is 1.36. The molecule has 0 fully saturated rings. The quantitative estimate of drug-likeness (QED) is 0.519. The van der Waals surface area contributed by atoms with Crippen LogP contribution in [0.3, 0.4) is 0 Å². The van der Waals surface area contributed by atoms with Gasteiger partial charge in [-0.25, -0.2) is 4.79 Å². The molecule has 0 aliphatic carbocycles. The van der Waals surface area contributed by atoms with E-state index in [2.05, 4.69) is 0 Å². The van der Waals surface area contributed by atoms with Crippen LogP contribution in [0.5, 0.6) is 0 Å². The highest BCUT2D eigenvalue weighted by atomic mass is 16.4. The fraction of sp³-hybridized carbons (Fsp3) is 0.111. The molecule has 0 saturated carbocycles. The Morgan fingerprint density at radius 2 is 2.42 bits per heavy atom. The first-order valence-corrected chi connectivity index (χ1v) is 3.57. The predicted molar refractivity (Wildman–Crippen MR) is 44.3 cm³/mol. The van der Waals surface area contributed by atoms with Gasteiger partial charge in [-0.1, -0.05) is 0 Å². The Morgan fingerprint density at radius 3 is 3.00 bits per heavy atom. The normalized spacial score (nSPS) is 10.4. The van der Waals surface area contributed by atoms with Crippen molar-refractivity contribution in [2.24, 2.45) is 0 Å². The summed E-state index contributed by atoms with van der Waals surface area (Å²) in [6, 6.07) is 3.81. The largest absolute Gasteiger partial charge is 0.478 e. The van der Waals surface area contributed by atoms with E-state index in [1.807, 2.05) is 25.3 Å². The van der Waals surface area contributed by atoms with Gasteiger partial charge in [0.2, 0.25) is 0 Å². The molecule has 0 radical (unpaired) electrons. The van der Waals surface area contributed by atoms with E-state index < -0.39 is 5.97 Å². The van der Waals surface area contributed by atoms with Crippen LogP contribution in [0.4, 0.5) is 0 Å². The molecule has 0 spiro atoms. The molecule has 3 heteroatoms. The van der Waals surface area contributed by atoms with E-state index in [0.717, 1.165) is 11.6 Å². The number of hydrogen-bond acceptors (Lipinski definition) is 1. The highest BCUT2D eigenvalue weighted by molar-refractivity contribution is 5.82. The zero-order valence-corrected chi connectivity index (χ0v) is 6.77. The Bertz CT molecular complexity index is 318. The van der Waals surface area contributed by atoms with Crippen LogP contribution in [-0.4, -0.2) is 11.1 Å². The molecule has 1 rings (SSSR count). The van der Waals surface area contributed by atoms with Gasteiger partial charge in [0, 0.05) is 11.6 Å². The number of aryl methyl sites for hydroxylation is 1. The summed E-state index contributed by atoms with van der Waals surface area (Å²) in [5.41, 5.74) is 1.09. The van der Waals surface area contributed by atoms with E-state index in [1.54, 1.807) is 10.8 Å². The van der Waals surface area contributed by atoms with Crippen LogP contribution in [-0.2, 0) is 4.79 Å². The van der Waals surface area contributed by atoms with Gasteiger partial charge in [0.25, 0.3) is 0 Å². The van der Waals surface area contributed by atoms with Crippen LogP contribution in [0.2, 0.25) is 0 Å². The average molecular weight is 164 g/mol. The molecule has 0 bridgehead atoms. The molecule has 0 aliphatic heterocycles. The zero-order chi connectivity index (χ0) is 8.97. The van der Waals surface area contributed by atoms with E-state index in [0.29, 0.717) is 0 Å². The number of nitrogens with zero attached hydrogens (tertiary/aromatic N) is 1. The lowest BCUT2D eigenvalue weighted by Crippen LogP contribution is -2.25. The molecule has 62 valence electrons. The summed E-state index contributed by atoms with van der Waals surface area (Å²) in [4.78, 5) is 10.2. The number of aromatic nitrogens is 1. The fourth-order valence-corrected chi connectivity index (χ4v) is 0.858. The first kappa shape index (κ1) is 8.46. The molecule has 1 heterocycles. The minimum atomic E-state index is -0.941. The lowest BCUT2D eigenvalue weighted by atomic mass is 10.3. The number of hydrogen-bond donors (Lipinski definition) is 1. The van der Waals surface area contributed by atoms with Crippen LogP contribution in [0.1, 0.15) is 5.56 Å². The first-order chi connectivity index (χ1) is 5.68. The molecule has 0 amide bonds. The van der Waals surface area contributed by atoms with Gasteiger partial charge in [-0.2, -0.15) is 4.57 Å². The Hall–Kier alpha value is -1.64. The Labute approximate surface area is 70.6 Å². The average Bonchev–Trinajstić information content (AvgIpc) is 2.01. The van der Waals surface area contributed by atoms with Gasteiger partial charge in [0.15, 0.2) is 18.6 Å². The minimum absolute atomic E-state index is 0.941. The number of aliphatic carboxylic acids is 1. The molecule has 12 heavy (non-hydrogen) atoms. The van der Waals surface area contributed by atoms with Crippen molar-refractivity contribution in [1.29, 1.82) is 0 Å². The SMILES string of the molecule is Cc1ccc[n+](/C=C/C(=O)O)c1.